The van der Waals surface area contributed by atoms with Gasteiger partial charge in [0.15, 0.2) is 0 Å². The summed E-state index contributed by atoms with van der Waals surface area (Å²) in [4.78, 5) is 0. The van der Waals surface area contributed by atoms with Crippen molar-refractivity contribution in [3.8, 4) is 0 Å². The molecule has 2 aromatic rings. The van der Waals surface area contributed by atoms with Gasteiger partial charge in [-0.1, -0.05) is 0 Å². The molecule has 0 saturated heterocycles. The first-order valence-electron chi connectivity index (χ1n) is 4.53. The molecule has 0 aliphatic rings. The maximum absolute atomic E-state index is 4.03. The molecule has 0 aliphatic heterocycles. The highest BCUT2D eigenvalue weighted by Gasteiger charge is 1.97. The van der Waals surface area contributed by atoms with E-state index in [0.29, 0.717) is 11.2 Å². The molecule has 10 heteroatoms. The van der Waals surface area contributed by atoms with E-state index in [9.17, 15) is 0 Å². The molecule has 0 N–H and O–H groups in total. The predicted molar refractivity (Wildman–Crippen MR) is 51.1 cm³/mol. The average Bonchev–Trinajstić information content (AvgIpc) is 2.72. The molecule has 10 nitrogen and oxygen atoms in total. The van der Waals surface area contributed by atoms with E-state index in [1.54, 1.807) is 28.2 Å². The lowest BCUT2D eigenvalue weighted by Gasteiger charge is -1.88. The summed E-state index contributed by atoms with van der Waals surface area (Å²) in [5.41, 5.74) is 1.06. The van der Waals surface area contributed by atoms with Crippen molar-refractivity contribution in [1.82, 2.24) is 39.6 Å². The number of hydrogen-bond donors (Lipinski definition) is 0. The normalized spacial score (nSPS) is 10.5. The number of tetrazole rings is 2. The summed E-state index contributed by atoms with van der Waals surface area (Å²) >= 11 is 0. The van der Waals surface area contributed by atoms with E-state index in [1.807, 2.05) is 0 Å². The molecule has 16 heavy (non-hydrogen) atoms. The summed E-state index contributed by atoms with van der Waals surface area (Å²) < 4.78 is 6.08. The van der Waals surface area contributed by atoms with Gasteiger partial charge in [-0.25, -0.2) is 18.7 Å². The van der Waals surface area contributed by atoms with Gasteiger partial charge in [0.2, 0.25) is 0 Å². The Kier molecular flexibility index (Phi) is 2.38. The first-order chi connectivity index (χ1) is 7.59. The van der Waals surface area contributed by atoms with Crippen molar-refractivity contribution in [3.63, 3.8) is 0 Å². The first-order valence-corrected chi connectivity index (χ1v) is 4.53. The zero-order valence-corrected chi connectivity index (χ0v) is 9.47. The highest BCUT2D eigenvalue weighted by Crippen LogP contribution is 1.69. The number of nitrogens with zero attached hydrogens (tertiary/aromatic N) is 10. The molecule has 86 valence electrons. The number of aromatic nitrogens is 8. The number of rotatable bonds is 1. The van der Waals surface area contributed by atoms with E-state index in [1.165, 1.54) is 18.7 Å². The van der Waals surface area contributed by atoms with Gasteiger partial charge in [0, 0.05) is 28.2 Å². The Hall–Kier alpha value is -2.26. The maximum atomic E-state index is 4.03. The van der Waals surface area contributed by atoms with Crippen LogP contribution in [0, 0.1) is 0 Å². The van der Waals surface area contributed by atoms with Crippen LogP contribution in [-0.2, 0) is 28.2 Å². The molecular weight excluding hydrogens is 212 g/mol. The standard InChI is InChI=1S/C6H12N10/c1-13-5(14(2)10-9-13)7-8-6-15(3)11-12-16(6)4/h1-4H3. The number of hydrogen-bond acceptors (Lipinski definition) is 6. The van der Waals surface area contributed by atoms with E-state index in [0.717, 1.165) is 0 Å². The molecule has 0 atom stereocenters. The van der Waals surface area contributed by atoms with E-state index < -0.39 is 0 Å². The highest BCUT2D eigenvalue weighted by molar-refractivity contribution is 4.54. The molecule has 0 bridgehead atoms. The third-order valence-electron chi connectivity index (χ3n) is 2.00. The second kappa shape index (κ2) is 3.72. The Morgan fingerprint density at radius 2 is 0.875 bits per heavy atom. The second-order valence-corrected chi connectivity index (χ2v) is 3.25. The summed E-state index contributed by atoms with van der Waals surface area (Å²) in [6.07, 6.45) is 0. The van der Waals surface area contributed by atoms with E-state index in [4.69, 9.17) is 0 Å². The lowest BCUT2D eigenvalue weighted by molar-refractivity contribution is 0.641. The van der Waals surface area contributed by atoms with E-state index in [2.05, 4.69) is 31.1 Å². The van der Waals surface area contributed by atoms with E-state index in [-0.39, 0.29) is 0 Å². The molecule has 0 radical (unpaired) electrons. The summed E-state index contributed by atoms with van der Waals surface area (Å²) in [6, 6.07) is 0. The lowest BCUT2D eigenvalue weighted by atomic mass is 11.0. The van der Waals surface area contributed by atoms with Crippen molar-refractivity contribution in [1.29, 1.82) is 0 Å². The van der Waals surface area contributed by atoms with Crippen molar-refractivity contribution in [3.05, 3.63) is 11.2 Å². The molecule has 0 unspecified atom stereocenters. The van der Waals surface area contributed by atoms with Crippen LogP contribution in [0.4, 0.5) is 0 Å². The van der Waals surface area contributed by atoms with Gasteiger partial charge in [-0.2, -0.15) is 0 Å². The fourth-order valence-corrected chi connectivity index (χ4v) is 1.17. The minimum Gasteiger partial charge on any atom is -0.213 e. The molecule has 0 saturated carbocycles. The monoisotopic (exact) mass is 224 g/mol. The van der Waals surface area contributed by atoms with Crippen LogP contribution in [0.25, 0.3) is 0 Å². The summed E-state index contributed by atoms with van der Waals surface area (Å²) in [6.45, 7) is 0. The zero-order valence-electron chi connectivity index (χ0n) is 9.47. The lowest BCUT2D eigenvalue weighted by Crippen LogP contribution is -2.26. The molecule has 0 fully saturated rings. The number of aryl methyl sites for hydroxylation is 4. The van der Waals surface area contributed by atoms with Crippen LogP contribution >= 0.6 is 0 Å². The molecule has 0 amide bonds. The van der Waals surface area contributed by atoms with Crippen LogP contribution in [0.3, 0.4) is 0 Å². The van der Waals surface area contributed by atoms with Gasteiger partial charge in [0.25, 0.3) is 11.2 Å². The minimum absolute atomic E-state index is 0.529. The van der Waals surface area contributed by atoms with Crippen molar-refractivity contribution in [2.75, 3.05) is 0 Å². The molecule has 0 spiro atoms. The smallest absolute Gasteiger partial charge is 0.213 e. The summed E-state index contributed by atoms with van der Waals surface area (Å²) in [7, 11) is 6.96. The van der Waals surface area contributed by atoms with Crippen LogP contribution in [0.2, 0.25) is 0 Å². The Morgan fingerprint density at radius 3 is 1.12 bits per heavy atom. The topological polar surface area (TPSA) is 96.0 Å². The van der Waals surface area contributed by atoms with Crippen LogP contribution in [0.5, 0.6) is 0 Å². The maximum Gasteiger partial charge on any atom is 0.265 e. The van der Waals surface area contributed by atoms with Crippen LogP contribution in [-0.4, -0.2) is 39.6 Å². The Balaban J connectivity index is 2.60. The summed E-state index contributed by atoms with van der Waals surface area (Å²) in [5, 5.41) is 23.2. The van der Waals surface area contributed by atoms with Gasteiger partial charge in [-0.15, -0.1) is 10.2 Å². The third-order valence-corrected chi connectivity index (χ3v) is 2.00. The SMILES string of the molecule is Cn1nnn(C)c1=NN=c1n(C)nnn1C. The van der Waals surface area contributed by atoms with Crippen molar-refractivity contribution < 1.29 is 0 Å². The Bertz CT molecular complexity index is 517. The first kappa shape index (κ1) is 10.3. The van der Waals surface area contributed by atoms with Crippen LogP contribution < -0.4 is 11.2 Å². The quantitative estimate of drug-likeness (QED) is 0.483. The molecule has 2 heterocycles. The van der Waals surface area contributed by atoms with Gasteiger partial charge in [0.1, 0.15) is 0 Å². The zero-order chi connectivity index (χ0) is 11.7. The minimum atomic E-state index is 0.529. The Labute approximate surface area is 90.1 Å². The fourth-order valence-electron chi connectivity index (χ4n) is 1.17. The van der Waals surface area contributed by atoms with Crippen molar-refractivity contribution >= 4 is 0 Å². The van der Waals surface area contributed by atoms with Gasteiger partial charge in [-0.05, 0) is 20.9 Å². The average molecular weight is 224 g/mol. The molecule has 2 rings (SSSR count). The van der Waals surface area contributed by atoms with Gasteiger partial charge < -0.3 is 0 Å². The van der Waals surface area contributed by atoms with Gasteiger partial charge in [0.05, 0.1) is 0 Å². The molecule has 0 aliphatic carbocycles. The molecule has 0 aromatic carbocycles. The largest absolute Gasteiger partial charge is 0.265 e. The summed E-state index contributed by atoms with van der Waals surface area (Å²) in [5.74, 6) is 0. The molecule has 2 aromatic heterocycles. The van der Waals surface area contributed by atoms with Crippen LogP contribution in [0.1, 0.15) is 0 Å². The van der Waals surface area contributed by atoms with Gasteiger partial charge in [-0.3, -0.25) is 0 Å². The second-order valence-electron chi connectivity index (χ2n) is 3.25. The van der Waals surface area contributed by atoms with Gasteiger partial charge >= 0.3 is 0 Å². The predicted octanol–water partition coefficient (Wildman–Crippen LogP) is -2.96. The van der Waals surface area contributed by atoms with Crippen LogP contribution in [0.15, 0.2) is 10.2 Å². The fraction of sp³-hybridized carbons (Fsp3) is 0.667. The van der Waals surface area contributed by atoms with Crippen molar-refractivity contribution in [2.45, 2.75) is 0 Å². The highest BCUT2D eigenvalue weighted by atomic mass is 15.6. The third kappa shape index (κ3) is 1.64. The molecular formula is C6H12N10. The van der Waals surface area contributed by atoms with E-state index >= 15 is 0 Å². The Morgan fingerprint density at radius 1 is 0.625 bits per heavy atom. The van der Waals surface area contributed by atoms with Crippen molar-refractivity contribution in [2.24, 2.45) is 38.4 Å².